The summed E-state index contributed by atoms with van der Waals surface area (Å²) >= 11 is 0. The Hall–Kier alpha value is -3.61. The fraction of sp³-hybridized carbons (Fsp3) is 0.469. The third-order valence-electron chi connectivity index (χ3n) is 9.31. The molecule has 0 radical (unpaired) electrons. The summed E-state index contributed by atoms with van der Waals surface area (Å²) in [6.07, 6.45) is 8.58. The lowest BCUT2D eigenvalue weighted by Crippen LogP contribution is -2.63. The Bertz CT molecular complexity index is 1280. The van der Waals surface area contributed by atoms with Crippen molar-refractivity contribution in [3.05, 3.63) is 65.2 Å². The highest BCUT2D eigenvalue weighted by Crippen LogP contribution is 2.62. The number of nitrogens with zero attached hydrogens (tertiary/aromatic N) is 1. The van der Waals surface area contributed by atoms with Gasteiger partial charge < -0.3 is 9.47 Å². The Kier molecular flexibility index (Phi) is 6.69. The van der Waals surface area contributed by atoms with Crippen LogP contribution < -0.4 is 14.8 Å². The quantitative estimate of drug-likeness (QED) is 0.349. The molecule has 7 rings (SSSR count). The molecule has 1 N–H and O–H groups in total. The van der Waals surface area contributed by atoms with Gasteiger partial charge in [0.1, 0.15) is 12.2 Å². The molecule has 7 nitrogen and oxygen atoms in total. The molecular weight excluding hydrogens is 492 g/mol. The average molecular weight is 529 g/mol. The number of hydrogen-bond acceptors (Lipinski definition) is 5. The van der Waals surface area contributed by atoms with Crippen LogP contribution in [0.15, 0.2) is 54.1 Å². The fourth-order valence-electron chi connectivity index (χ4n) is 7.89. The number of carbonyl (C=O) groups is 3. The van der Waals surface area contributed by atoms with Gasteiger partial charge in [0.25, 0.3) is 11.8 Å². The lowest BCUT2D eigenvalue weighted by molar-refractivity contribution is -0.139. The van der Waals surface area contributed by atoms with Crippen molar-refractivity contribution in [3.8, 4) is 11.5 Å². The van der Waals surface area contributed by atoms with Crippen LogP contribution >= 0.6 is 0 Å². The van der Waals surface area contributed by atoms with Gasteiger partial charge in [0, 0.05) is 6.04 Å². The minimum Gasteiger partial charge on any atom is -0.490 e. The van der Waals surface area contributed by atoms with Gasteiger partial charge >= 0.3 is 6.03 Å². The van der Waals surface area contributed by atoms with Crippen LogP contribution in [-0.2, 0) is 16.2 Å². The molecule has 5 aliphatic rings. The van der Waals surface area contributed by atoms with Crippen molar-refractivity contribution in [1.82, 2.24) is 10.2 Å². The van der Waals surface area contributed by atoms with E-state index in [0.717, 1.165) is 24.8 Å². The number of hydrogen-bond donors (Lipinski definition) is 1. The highest BCUT2D eigenvalue weighted by molar-refractivity contribution is 6.31. The smallest absolute Gasteiger partial charge is 0.331 e. The first-order chi connectivity index (χ1) is 18.8. The van der Waals surface area contributed by atoms with Crippen molar-refractivity contribution in [2.75, 3.05) is 6.61 Å². The second-order valence-corrected chi connectivity index (χ2v) is 11.9. The zero-order valence-corrected chi connectivity index (χ0v) is 22.7. The van der Waals surface area contributed by atoms with E-state index in [9.17, 15) is 14.4 Å². The number of carbonyl (C=O) groups excluding carboxylic acids is 3. The molecule has 0 spiro atoms. The fourth-order valence-corrected chi connectivity index (χ4v) is 7.89. The summed E-state index contributed by atoms with van der Waals surface area (Å²) in [5.74, 6) is 2.00. The Morgan fingerprint density at radius 1 is 0.949 bits per heavy atom. The second-order valence-electron chi connectivity index (χ2n) is 11.9. The Morgan fingerprint density at radius 3 is 2.26 bits per heavy atom. The zero-order chi connectivity index (χ0) is 27.1. The number of benzene rings is 2. The zero-order valence-electron chi connectivity index (χ0n) is 22.7. The van der Waals surface area contributed by atoms with Crippen LogP contribution in [0.2, 0.25) is 0 Å². The summed E-state index contributed by atoms with van der Waals surface area (Å²) in [6, 6.07) is 14.3. The number of urea groups is 1. The lowest BCUT2D eigenvalue weighted by atomic mass is 9.47. The summed E-state index contributed by atoms with van der Waals surface area (Å²) in [4.78, 5) is 41.0. The first kappa shape index (κ1) is 25.7. The highest BCUT2D eigenvalue weighted by atomic mass is 16.5. The van der Waals surface area contributed by atoms with E-state index in [1.54, 1.807) is 24.3 Å². The van der Waals surface area contributed by atoms with Crippen LogP contribution in [0.3, 0.4) is 0 Å². The van der Waals surface area contributed by atoms with Crippen LogP contribution in [-0.4, -0.2) is 35.4 Å². The molecule has 2 aromatic carbocycles. The van der Waals surface area contributed by atoms with Crippen LogP contribution in [0.5, 0.6) is 11.5 Å². The maximum Gasteiger partial charge on any atom is 0.331 e. The summed E-state index contributed by atoms with van der Waals surface area (Å²) < 4.78 is 11.8. The average Bonchev–Trinajstić information content (AvgIpc) is 2.90. The molecule has 2 aromatic rings. The van der Waals surface area contributed by atoms with Crippen LogP contribution in [0.4, 0.5) is 4.79 Å². The Balaban J connectivity index is 1.25. The van der Waals surface area contributed by atoms with Crippen LogP contribution in [0, 0.1) is 23.2 Å². The van der Waals surface area contributed by atoms with Crippen molar-refractivity contribution in [2.24, 2.45) is 23.2 Å². The number of nitrogens with one attached hydrogen (secondary N) is 1. The molecule has 4 saturated carbocycles. The van der Waals surface area contributed by atoms with Crippen LogP contribution in [0.1, 0.15) is 63.5 Å². The summed E-state index contributed by atoms with van der Waals surface area (Å²) in [6.45, 7) is 4.72. The molecule has 4 bridgehead atoms. The van der Waals surface area contributed by atoms with E-state index in [-0.39, 0.29) is 17.0 Å². The van der Waals surface area contributed by atoms with Gasteiger partial charge in [0.05, 0.1) is 6.61 Å². The van der Waals surface area contributed by atoms with Gasteiger partial charge in [-0.25, -0.2) is 4.79 Å². The monoisotopic (exact) mass is 528 g/mol. The summed E-state index contributed by atoms with van der Waals surface area (Å²) in [5.41, 5.74) is 1.58. The van der Waals surface area contributed by atoms with E-state index in [0.29, 0.717) is 48.0 Å². The molecule has 1 saturated heterocycles. The standard InChI is InChI=1S/C32H36N2O5/c1-3-38-28-15-22(9-10-27(28)39-19-21-7-5-4-6-8-21)14-26-29(35)33-31(37)34(30(26)36)20(2)32-16-23-11-24(17-32)13-25(12-23)18-32/h4-10,14-15,20,23-25H,3,11-13,16-19H2,1-2H3,(H,33,35,37)/b26-14+/t20-,23?,24?,25?,32?/m1/s1. The first-order valence-electron chi connectivity index (χ1n) is 14.2. The predicted octanol–water partition coefficient (Wildman–Crippen LogP) is 5.73. The highest BCUT2D eigenvalue weighted by Gasteiger charge is 2.56. The Morgan fingerprint density at radius 2 is 1.62 bits per heavy atom. The molecule has 204 valence electrons. The SMILES string of the molecule is CCOc1cc(/C=C2\C(=O)NC(=O)N([C@H](C)C34CC5CC(CC(C5)C3)C4)C2=O)ccc1OCc1ccccc1. The molecule has 7 heteroatoms. The first-order valence-corrected chi connectivity index (χ1v) is 14.2. The minimum absolute atomic E-state index is 0.0356. The van der Waals surface area contributed by atoms with Crippen molar-refractivity contribution >= 4 is 23.9 Å². The maximum atomic E-state index is 13.7. The predicted molar refractivity (Wildman–Crippen MR) is 147 cm³/mol. The topological polar surface area (TPSA) is 84.9 Å². The maximum absolute atomic E-state index is 13.7. The van der Waals surface area contributed by atoms with Gasteiger partial charge in [-0.3, -0.25) is 19.8 Å². The molecule has 1 heterocycles. The van der Waals surface area contributed by atoms with Gasteiger partial charge in [0.15, 0.2) is 11.5 Å². The van der Waals surface area contributed by atoms with Gasteiger partial charge in [-0.05, 0) is 105 Å². The molecule has 39 heavy (non-hydrogen) atoms. The van der Waals surface area contributed by atoms with E-state index in [1.807, 2.05) is 44.2 Å². The van der Waals surface area contributed by atoms with Crippen molar-refractivity contribution in [2.45, 2.75) is 65.0 Å². The normalized spacial score (nSPS) is 29.5. The Labute approximate surface area is 229 Å². The van der Waals surface area contributed by atoms with E-state index in [1.165, 1.54) is 24.2 Å². The molecule has 1 atom stereocenters. The van der Waals surface area contributed by atoms with Crippen LogP contribution in [0.25, 0.3) is 6.08 Å². The number of amides is 4. The molecule has 0 unspecified atom stereocenters. The second kappa shape index (κ2) is 10.2. The lowest BCUT2D eigenvalue weighted by Gasteiger charge is -2.60. The van der Waals surface area contributed by atoms with E-state index in [2.05, 4.69) is 5.32 Å². The molecule has 4 aliphatic carbocycles. The number of imide groups is 2. The third-order valence-corrected chi connectivity index (χ3v) is 9.31. The third kappa shape index (κ3) is 4.83. The number of barbiturate groups is 1. The van der Waals surface area contributed by atoms with Gasteiger partial charge in [-0.2, -0.15) is 0 Å². The van der Waals surface area contributed by atoms with Gasteiger partial charge in [-0.1, -0.05) is 36.4 Å². The largest absolute Gasteiger partial charge is 0.490 e. The van der Waals surface area contributed by atoms with E-state index in [4.69, 9.17) is 9.47 Å². The van der Waals surface area contributed by atoms with E-state index < -0.39 is 17.8 Å². The molecule has 4 amide bonds. The summed E-state index contributed by atoms with van der Waals surface area (Å²) in [7, 11) is 0. The minimum atomic E-state index is -0.665. The molecule has 5 fully saturated rings. The van der Waals surface area contributed by atoms with Crippen molar-refractivity contribution in [1.29, 1.82) is 0 Å². The van der Waals surface area contributed by atoms with Crippen molar-refractivity contribution < 1.29 is 23.9 Å². The van der Waals surface area contributed by atoms with Gasteiger partial charge in [-0.15, -0.1) is 0 Å². The number of ether oxygens (including phenoxy) is 2. The van der Waals surface area contributed by atoms with Crippen molar-refractivity contribution in [3.63, 3.8) is 0 Å². The van der Waals surface area contributed by atoms with E-state index >= 15 is 0 Å². The summed E-state index contributed by atoms with van der Waals surface area (Å²) in [5, 5.41) is 2.44. The molecule has 0 aromatic heterocycles. The molecule has 1 aliphatic heterocycles. The molecular formula is C32H36N2O5. The van der Waals surface area contributed by atoms with Gasteiger partial charge in [0.2, 0.25) is 0 Å². The number of rotatable bonds is 8.